The summed E-state index contributed by atoms with van der Waals surface area (Å²) in [6, 6.07) is 1.71. The third-order valence-electron chi connectivity index (χ3n) is 7.69. The Labute approximate surface area is 200 Å². The van der Waals surface area contributed by atoms with Crippen LogP contribution >= 0.6 is 11.3 Å². The van der Waals surface area contributed by atoms with Crippen LogP contribution in [0.15, 0.2) is 12.4 Å². The van der Waals surface area contributed by atoms with Crippen LogP contribution in [-0.4, -0.2) is 71.0 Å². The number of carboxylic acid groups (broad SMARTS) is 1. The van der Waals surface area contributed by atoms with Gasteiger partial charge in [-0.1, -0.05) is 0 Å². The standard InChI is InChI=1S/C23H30F3N5O2S/c24-23(25,26)10-17-9-18-19(27-14-28-20(18)34-17)31-12-22(13-31)5-7-30(8-6-22)11-15-1-3-16(4-2-15)29-21(32)33/h9,14-16,29H,1-8,10-13H2,(H,32,33)/t15-,16-. The van der Waals surface area contributed by atoms with Crippen LogP contribution in [-0.2, 0) is 6.42 Å². The van der Waals surface area contributed by atoms with Gasteiger partial charge in [0.2, 0.25) is 0 Å². The van der Waals surface area contributed by atoms with E-state index in [9.17, 15) is 18.0 Å². The van der Waals surface area contributed by atoms with Crippen molar-refractivity contribution in [3.05, 3.63) is 17.3 Å². The van der Waals surface area contributed by atoms with E-state index in [1.54, 1.807) is 6.07 Å². The van der Waals surface area contributed by atoms with Crippen LogP contribution in [0.2, 0.25) is 0 Å². The Morgan fingerprint density at radius 2 is 1.88 bits per heavy atom. The van der Waals surface area contributed by atoms with Gasteiger partial charge in [0.05, 0.1) is 11.8 Å². The summed E-state index contributed by atoms with van der Waals surface area (Å²) in [5.74, 6) is 1.40. The minimum absolute atomic E-state index is 0.0976. The van der Waals surface area contributed by atoms with Gasteiger partial charge < -0.3 is 20.2 Å². The molecular weight excluding hydrogens is 467 g/mol. The first-order valence-electron chi connectivity index (χ1n) is 11.9. The summed E-state index contributed by atoms with van der Waals surface area (Å²) in [6.45, 7) is 5.00. The summed E-state index contributed by atoms with van der Waals surface area (Å²) in [5, 5.41) is 12.2. The number of carbonyl (C=O) groups is 1. The van der Waals surface area contributed by atoms with Crippen LogP contribution < -0.4 is 10.2 Å². The summed E-state index contributed by atoms with van der Waals surface area (Å²) in [4.78, 5) is 25.1. The summed E-state index contributed by atoms with van der Waals surface area (Å²) < 4.78 is 38.5. The van der Waals surface area contributed by atoms with E-state index in [1.165, 1.54) is 6.33 Å². The third kappa shape index (κ3) is 5.25. The van der Waals surface area contributed by atoms with Crippen LogP contribution in [0, 0.1) is 11.3 Å². The quantitative estimate of drug-likeness (QED) is 0.632. The maximum atomic E-state index is 12.8. The van der Waals surface area contributed by atoms with Gasteiger partial charge in [-0.3, -0.25) is 0 Å². The smallest absolute Gasteiger partial charge is 0.404 e. The molecule has 34 heavy (non-hydrogen) atoms. The SMILES string of the molecule is O=C(O)N[C@H]1CC[C@H](CN2CCC3(CC2)CN(c2ncnc4sc(CC(F)(F)F)cc24)C3)CC1. The lowest BCUT2D eigenvalue weighted by Gasteiger charge is -2.55. The molecule has 0 aromatic carbocycles. The number of piperidine rings is 1. The van der Waals surface area contributed by atoms with Crippen molar-refractivity contribution in [2.75, 3.05) is 37.6 Å². The van der Waals surface area contributed by atoms with Gasteiger partial charge in [-0.05, 0) is 63.6 Å². The van der Waals surface area contributed by atoms with Gasteiger partial charge in [-0.2, -0.15) is 13.2 Å². The number of halogens is 3. The molecule has 11 heteroatoms. The molecule has 0 atom stereocenters. The molecular formula is C23H30F3N5O2S. The number of nitrogens with zero attached hydrogens (tertiary/aromatic N) is 4. The van der Waals surface area contributed by atoms with Crippen molar-refractivity contribution in [2.45, 2.75) is 57.2 Å². The molecule has 1 aliphatic carbocycles. The Morgan fingerprint density at radius 3 is 2.53 bits per heavy atom. The molecule has 2 aromatic rings. The number of likely N-dealkylation sites (tertiary alicyclic amines) is 1. The zero-order valence-corrected chi connectivity index (χ0v) is 19.8. The highest BCUT2D eigenvalue weighted by Crippen LogP contribution is 2.44. The summed E-state index contributed by atoms with van der Waals surface area (Å²) in [5.41, 5.74) is 0.266. The molecule has 0 unspecified atom stereocenters. The third-order valence-corrected chi connectivity index (χ3v) is 8.74. The van der Waals surface area contributed by atoms with Gasteiger partial charge in [-0.15, -0.1) is 11.3 Å². The van der Waals surface area contributed by atoms with Gasteiger partial charge in [0.1, 0.15) is 17.0 Å². The van der Waals surface area contributed by atoms with Gasteiger partial charge in [-0.25, -0.2) is 14.8 Å². The predicted octanol–water partition coefficient (Wildman–Crippen LogP) is 4.52. The molecule has 7 nitrogen and oxygen atoms in total. The molecule has 186 valence electrons. The van der Waals surface area contributed by atoms with E-state index in [2.05, 4.69) is 25.1 Å². The second kappa shape index (κ2) is 9.14. The first kappa shape index (κ1) is 23.6. The van der Waals surface area contributed by atoms with Crippen LogP contribution in [0.3, 0.4) is 0 Å². The fourth-order valence-electron chi connectivity index (χ4n) is 5.90. The Bertz CT molecular complexity index is 1020. The van der Waals surface area contributed by atoms with E-state index in [-0.39, 0.29) is 16.3 Å². The lowest BCUT2D eigenvalue weighted by atomic mass is 9.71. The number of alkyl halides is 3. The molecule has 3 aliphatic rings. The molecule has 2 saturated heterocycles. The van der Waals surface area contributed by atoms with E-state index in [0.717, 1.165) is 93.8 Å². The van der Waals surface area contributed by atoms with E-state index in [0.29, 0.717) is 10.7 Å². The van der Waals surface area contributed by atoms with Gasteiger partial charge in [0.15, 0.2) is 0 Å². The molecule has 0 radical (unpaired) electrons. The molecule has 1 saturated carbocycles. The van der Waals surface area contributed by atoms with Gasteiger partial charge >= 0.3 is 12.3 Å². The van der Waals surface area contributed by atoms with Gasteiger partial charge in [0, 0.05) is 36.0 Å². The highest BCUT2D eigenvalue weighted by Gasteiger charge is 2.46. The number of hydrogen-bond acceptors (Lipinski definition) is 6. The second-order valence-corrected chi connectivity index (χ2v) is 11.4. The summed E-state index contributed by atoms with van der Waals surface area (Å²) >= 11 is 1.10. The van der Waals surface area contributed by atoms with Crippen molar-refractivity contribution in [3.8, 4) is 0 Å². The van der Waals surface area contributed by atoms with Crippen molar-refractivity contribution in [3.63, 3.8) is 0 Å². The maximum absolute atomic E-state index is 12.8. The minimum Gasteiger partial charge on any atom is -0.465 e. The van der Waals surface area contributed by atoms with E-state index in [1.807, 2.05) is 0 Å². The van der Waals surface area contributed by atoms with Crippen LogP contribution in [0.25, 0.3) is 10.2 Å². The lowest BCUT2D eigenvalue weighted by molar-refractivity contribution is -0.126. The number of thiophene rings is 1. The van der Waals surface area contributed by atoms with Crippen molar-refractivity contribution in [1.82, 2.24) is 20.2 Å². The van der Waals surface area contributed by atoms with E-state index in [4.69, 9.17) is 5.11 Å². The molecule has 4 heterocycles. The molecule has 2 aliphatic heterocycles. The number of anilines is 1. The van der Waals surface area contributed by atoms with Crippen molar-refractivity contribution < 1.29 is 23.1 Å². The molecule has 2 aromatic heterocycles. The molecule has 1 spiro atoms. The molecule has 2 N–H and O–H groups in total. The zero-order valence-electron chi connectivity index (χ0n) is 19.0. The average molecular weight is 498 g/mol. The first-order chi connectivity index (χ1) is 16.2. The fraction of sp³-hybridized carbons (Fsp3) is 0.696. The number of rotatable bonds is 5. The van der Waals surface area contributed by atoms with Gasteiger partial charge in [0.25, 0.3) is 0 Å². The predicted molar refractivity (Wildman–Crippen MR) is 124 cm³/mol. The van der Waals surface area contributed by atoms with Crippen LogP contribution in [0.5, 0.6) is 0 Å². The lowest BCUT2D eigenvalue weighted by Crippen LogP contribution is -2.61. The normalized spacial score (nSPS) is 25.4. The molecule has 5 rings (SSSR count). The zero-order chi connectivity index (χ0) is 23.9. The molecule has 1 amide bonds. The van der Waals surface area contributed by atoms with Crippen molar-refractivity contribution in [2.24, 2.45) is 11.3 Å². The number of fused-ring (bicyclic) bond motifs is 1. The Morgan fingerprint density at radius 1 is 1.18 bits per heavy atom. The monoisotopic (exact) mass is 497 g/mol. The number of aromatic nitrogens is 2. The highest BCUT2D eigenvalue weighted by molar-refractivity contribution is 7.18. The summed E-state index contributed by atoms with van der Waals surface area (Å²) in [6.07, 6.45) is 1.61. The van der Waals surface area contributed by atoms with Crippen molar-refractivity contribution in [1.29, 1.82) is 0 Å². The summed E-state index contributed by atoms with van der Waals surface area (Å²) in [7, 11) is 0. The second-order valence-electron chi connectivity index (χ2n) is 10.2. The number of amides is 1. The van der Waals surface area contributed by atoms with Crippen molar-refractivity contribution >= 4 is 33.5 Å². The largest absolute Gasteiger partial charge is 0.465 e. The topological polar surface area (TPSA) is 81.6 Å². The first-order valence-corrected chi connectivity index (χ1v) is 12.8. The Balaban J connectivity index is 1.12. The van der Waals surface area contributed by atoms with E-state index >= 15 is 0 Å². The fourth-order valence-corrected chi connectivity index (χ4v) is 6.92. The minimum atomic E-state index is -4.22. The maximum Gasteiger partial charge on any atom is 0.404 e. The molecule has 3 fully saturated rings. The Hall–Kier alpha value is -2.14. The van der Waals surface area contributed by atoms with Crippen LogP contribution in [0.1, 0.15) is 43.4 Å². The Kier molecular flexibility index (Phi) is 6.34. The molecule has 0 bridgehead atoms. The average Bonchev–Trinajstić information content (AvgIpc) is 3.14. The number of hydrogen-bond donors (Lipinski definition) is 2. The highest BCUT2D eigenvalue weighted by atomic mass is 32.1. The van der Waals surface area contributed by atoms with Crippen LogP contribution in [0.4, 0.5) is 23.8 Å². The number of nitrogens with one attached hydrogen (secondary N) is 1. The van der Waals surface area contributed by atoms with E-state index < -0.39 is 18.7 Å².